The van der Waals surface area contributed by atoms with Crippen LogP contribution in [0.3, 0.4) is 0 Å². The molecule has 0 amide bonds. The maximum absolute atomic E-state index is 5.98. The number of hydrogen-bond acceptors (Lipinski definition) is 5. The molecule has 1 fully saturated rings. The highest BCUT2D eigenvalue weighted by molar-refractivity contribution is 7.21. The number of nitrogens with zero attached hydrogens (tertiary/aromatic N) is 2. The Morgan fingerprint density at radius 3 is 2.88 bits per heavy atom. The molecule has 0 saturated carbocycles. The summed E-state index contributed by atoms with van der Waals surface area (Å²) >= 11 is 1.68. The van der Waals surface area contributed by atoms with E-state index < -0.39 is 0 Å². The van der Waals surface area contributed by atoms with Crippen LogP contribution in [0.5, 0.6) is 0 Å². The zero-order chi connectivity index (χ0) is 16.4. The van der Waals surface area contributed by atoms with Crippen LogP contribution in [0.2, 0.25) is 0 Å². The van der Waals surface area contributed by atoms with E-state index in [1.807, 2.05) is 24.3 Å². The maximum Gasteiger partial charge on any atom is 0.163 e. The molecular formula is C19H23N3OS. The van der Waals surface area contributed by atoms with Gasteiger partial charge in [0.05, 0.1) is 16.8 Å². The SMILES string of the molecule is CN1CCC(CNCc2ccc(-c3nc4ccccc4s3)o2)CC1. The van der Waals surface area contributed by atoms with Crippen molar-refractivity contribution < 1.29 is 4.42 Å². The second-order valence-electron chi connectivity index (χ2n) is 6.63. The number of likely N-dealkylation sites (tertiary alicyclic amines) is 1. The monoisotopic (exact) mass is 341 g/mol. The first kappa shape index (κ1) is 15.8. The van der Waals surface area contributed by atoms with E-state index in [0.29, 0.717) is 0 Å². The van der Waals surface area contributed by atoms with Crippen LogP contribution >= 0.6 is 11.3 Å². The molecule has 126 valence electrons. The van der Waals surface area contributed by atoms with Crippen molar-refractivity contribution in [3.8, 4) is 10.8 Å². The molecule has 4 nitrogen and oxygen atoms in total. The average Bonchev–Trinajstić information content (AvgIpc) is 3.23. The minimum absolute atomic E-state index is 0.789. The predicted molar refractivity (Wildman–Crippen MR) is 99.2 cm³/mol. The van der Waals surface area contributed by atoms with Crippen molar-refractivity contribution in [1.29, 1.82) is 0 Å². The molecule has 0 unspecified atom stereocenters. The van der Waals surface area contributed by atoms with Crippen LogP contribution in [-0.4, -0.2) is 36.6 Å². The van der Waals surface area contributed by atoms with E-state index in [1.165, 1.54) is 30.6 Å². The molecular weight excluding hydrogens is 318 g/mol. The number of hydrogen-bond donors (Lipinski definition) is 1. The van der Waals surface area contributed by atoms with Crippen LogP contribution in [0.4, 0.5) is 0 Å². The Morgan fingerprint density at radius 2 is 2.04 bits per heavy atom. The molecule has 0 bridgehead atoms. The van der Waals surface area contributed by atoms with Gasteiger partial charge in [-0.15, -0.1) is 11.3 Å². The van der Waals surface area contributed by atoms with E-state index in [1.54, 1.807) is 11.3 Å². The van der Waals surface area contributed by atoms with Crippen LogP contribution in [0.1, 0.15) is 18.6 Å². The van der Waals surface area contributed by atoms with E-state index in [4.69, 9.17) is 4.42 Å². The molecule has 24 heavy (non-hydrogen) atoms. The molecule has 0 spiro atoms. The zero-order valence-corrected chi connectivity index (χ0v) is 14.8. The predicted octanol–water partition coefficient (Wildman–Crippen LogP) is 3.99. The summed E-state index contributed by atoms with van der Waals surface area (Å²) in [6.45, 7) is 4.30. The molecule has 3 heterocycles. The van der Waals surface area contributed by atoms with Crippen molar-refractivity contribution in [2.75, 3.05) is 26.7 Å². The van der Waals surface area contributed by atoms with Gasteiger partial charge in [0.15, 0.2) is 10.8 Å². The first-order valence-corrected chi connectivity index (χ1v) is 9.43. The Morgan fingerprint density at radius 1 is 1.21 bits per heavy atom. The quantitative estimate of drug-likeness (QED) is 0.762. The first-order valence-electron chi connectivity index (χ1n) is 8.62. The van der Waals surface area contributed by atoms with E-state index in [0.717, 1.165) is 41.1 Å². The van der Waals surface area contributed by atoms with Gasteiger partial charge in [0.25, 0.3) is 0 Å². The number of rotatable bonds is 5. The fourth-order valence-corrected chi connectivity index (χ4v) is 4.16. The molecule has 1 aliphatic rings. The van der Waals surface area contributed by atoms with Crippen molar-refractivity contribution in [2.45, 2.75) is 19.4 Å². The Labute approximate surface area is 146 Å². The first-order chi connectivity index (χ1) is 11.8. The van der Waals surface area contributed by atoms with Gasteiger partial charge in [0.1, 0.15) is 5.76 Å². The number of furan rings is 1. The van der Waals surface area contributed by atoms with Gasteiger partial charge in [-0.25, -0.2) is 4.98 Å². The lowest BCUT2D eigenvalue weighted by molar-refractivity contribution is 0.215. The standard InChI is InChI=1S/C19H23N3OS/c1-22-10-8-14(9-11-22)12-20-13-15-6-7-17(23-15)19-21-16-4-2-3-5-18(16)24-19/h2-7,14,20H,8-13H2,1H3. The summed E-state index contributed by atoms with van der Waals surface area (Å²) in [7, 11) is 2.20. The van der Waals surface area contributed by atoms with Gasteiger partial charge < -0.3 is 14.6 Å². The van der Waals surface area contributed by atoms with E-state index in [2.05, 4.69) is 34.4 Å². The number of piperidine rings is 1. The van der Waals surface area contributed by atoms with Crippen LogP contribution in [0.25, 0.3) is 21.0 Å². The molecule has 1 aliphatic heterocycles. The number of thiazole rings is 1. The van der Waals surface area contributed by atoms with Gasteiger partial charge in [0, 0.05) is 0 Å². The van der Waals surface area contributed by atoms with Crippen molar-refractivity contribution in [1.82, 2.24) is 15.2 Å². The lowest BCUT2D eigenvalue weighted by Gasteiger charge is -2.28. The molecule has 2 aromatic heterocycles. The number of benzene rings is 1. The number of fused-ring (bicyclic) bond motifs is 1. The molecule has 3 aromatic rings. The normalized spacial score (nSPS) is 16.9. The Kier molecular flexibility index (Phi) is 4.65. The summed E-state index contributed by atoms with van der Waals surface area (Å²) in [4.78, 5) is 7.07. The lowest BCUT2D eigenvalue weighted by atomic mass is 9.97. The van der Waals surface area contributed by atoms with Gasteiger partial charge in [-0.1, -0.05) is 12.1 Å². The smallest absolute Gasteiger partial charge is 0.163 e. The Hall–Kier alpha value is -1.69. The van der Waals surface area contributed by atoms with Gasteiger partial charge in [-0.3, -0.25) is 0 Å². The van der Waals surface area contributed by atoms with E-state index >= 15 is 0 Å². The Bertz CT molecular complexity index is 769. The second kappa shape index (κ2) is 7.05. The topological polar surface area (TPSA) is 41.3 Å². The van der Waals surface area contributed by atoms with Gasteiger partial charge in [-0.05, 0) is 69.7 Å². The fourth-order valence-electron chi connectivity index (χ4n) is 3.23. The minimum atomic E-state index is 0.789. The molecule has 4 rings (SSSR count). The summed E-state index contributed by atoms with van der Waals surface area (Å²) in [5.41, 5.74) is 1.04. The minimum Gasteiger partial charge on any atom is -0.457 e. The summed E-state index contributed by atoms with van der Waals surface area (Å²) < 4.78 is 7.18. The van der Waals surface area contributed by atoms with Crippen LogP contribution in [0, 0.1) is 5.92 Å². The molecule has 1 aromatic carbocycles. The second-order valence-corrected chi connectivity index (χ2v) is 7.66. The fraction of sp³-hybridized carbons (Fsp3) is 0.421. The third kappa shape index (κ3) is 3.53. The number of para-hydroxylation sites is 1. The van der Waals surface area contributed by atoms with Crippen molar-refractivity contribution >= 4 is 21.6 Å². The molecule has 1 saturated heterocycles. The third-order valence-electron chi connectivity index (χ3n) is 4.74. The summed E-state index contributed by atoms with van der Waals surface area (Å²) in [5.74, 6) is 2.64. The largest absolute Gasteiger partial charge is 0.457 e. The summed E-state index contributed by atoms with van der Waals surface area (Å²) in [6, 6.07) is 12.3. The molecule has 1 N–H and O–H groups in total. The molecule has 5 heteroatoms. The average molecular weight is 341 g/mol. The van der Waals surface area contributed by atoms with E-state index in [-0.39, 0.29) is 0 Å². The third-order valence-corrected chi connectivity index (χ3v) is 5.79. The Balaban J connectivity index is 1.34. The van der Waals surface area contributed by atoms with Gasteiger partial charge in [-0.2, -0.15) is 0 Å². The van der Waals surface area contributed by atoms with Gasteiger partial charge >= 0.3 is 0 Å². The van der Waals surface area contributed by atoms with Gasteiger partial charge in [0.2, 0.25) is 0 Å². The van der Waals surface area contributed by atoms with Crippen molar-refractivity contribution in [2.24, 2.45) is 5.92 Å². The van der Waals surface area contributed by atoms with E-state index in [9.17, 15) is 0 Å². The van der Waals surface area contributed by atoms with Crippen LogP contribution < -0.4 is 5.32 Å². The molecule has 0 radical (unpaired) electrons. The summed E-state index contributed by atoms with van der Waals surface area (Å²) in [6.07, 6.45) is 2.58. The summed E-state index contributed by atoms with van der Waals surface area (Å²) in [5, 5.41) is 4.50. The van der Waals surface area contributed by atoms with Crippen LogP contribution in [0.15, 0.2) is 40.8 Å². The van der Waals surface area contributed by atoms with Crippen molar-refractivity contribution in [3.05, 3.63) is 42.2 Å². The highest BCUT2D eigenvalue weighted by Gasteiger charge is 2.16. The number of nitrogens with one attached hydrogen (secondary N) is 1. The van der Waals surface area contributed by atoms with Crippen molar-refractivity contribution in [3.63, 3.8) is 0 Å². The number of aromatic nitrogens is 1. The molecule has 0 aliphatic carbocycles. The molecule has 0 atom stereocenters. The maximum atomic E-state index is 5.98. The lowest BCUT2D eigenvalue weighted by Crippen LogP contribution is -2.34. The highest BCUT2D eigenvalue weighted by atomic mass is 32.1. The van der Waals surface area contributed by atoms with Crippen LogP contribution in [-0.2, 0) is 6.54 Å². The highest BCUT2D eigenvalue weighted by Crippen LogP contribution is 2.31. The zero-order valence-electron chi connectivity index (χ0n) is 14.0.